The predicted molar refractivity (Wildman–Crippen MR) is 206 cm³/mol. The monoisotopic (exact) mass is 782 g/mol. The van der Waals surface area contributed by atoms with Crippen molar-refractivity contribution >= 4 is 69.8 Å². The topological polar surface area (TPSA) is 185 Å². The van der Waals surface area contributed by atoms with E-state index in [0.29, 0.717) is 30.2 Å². The normalized spacial score (nSPS) is 17.6. The molecule has 55 heavy (non-hydrogen) atoms. The van der Waals surface area contributed by atoms with Gasteiger partial charge in [-0.15, -0.1) is 21.5 Å². The second kappa shape index (κ2) is 15.7. The minimum atomic E-state index is -1.09. The number of aryl methyl sites for hydroxylation is 2. The average molecular weight is 783 g/mol. The number of piperidine rings is 1. The Morgan fingerprint density at radius 2 is 1.69 bits per heavy atom. The Hall–Kier alpha value is -5.54. The number of carbonyl (C=O) groups excluding carboxylic acids is 6. The molecule has 3 aliphatic rings. The molecule has 2 aromatic carbocycles. The van der Waals surface area contributed by atoms with Gasteiger partial charge < -0.3 is 10.6 Å². The molecule has 6 amide bonds. The van der Waals surface area contributed by atoms with E-state index in [9.17, 15) is 28.8 Å². The van der Waals surface area contributed by atoms with Gasteiger partial charge in [0, 0.05) is 40.4 Å². The Labute approximate surface area is 325 Å². The fourth-order valence-corrected chi connectivity index (χ4v) is 8.54. The molecule has 14 nitrogen and oxygen atoms in total. The molecule has 2 aromatic heterocycles. The van der Waals surface area contributed by atoms with Crippen LogP contribution in [0.2, 0.25) is 5.02 Å². The largest absolute Gasteiger partial charge is 0.356 e. The summed E-state index contributed by atoms with van der Waals surface area (Å²) in [5.41, 5.74) is 4.13. The van der Waals surface area contributed by atoms with Crippen LogP contribution < -0.4 is 16.0 Å². The van der Waals surface area contributed by atoms with E-state index in [0.717, 1.165) is 55.8 Å². The standard InChI is InChI=1S/C39H39ClN8O6S/c1-20-21(2)55-39-32(20)34(23-12-14-24(40)15-13-23)43-27(35-46-45-22(3)47(35)39)19-31(51)41-18-7-5-4-6-11-29(49)42-26-10-8-9-25-33(26)38(54)48(37(25)53)28-16-17-30(50)44-36(28)52/h8-10,12-15,27-28H,4-7,11,16-19H2,1-3H3,(H,41,51)(H,42,49)(H,44,50,52)/t27-,28?/m0/s1. The molecular weight excluding hydrogens is 744 g/mol. The van der Waals surface area contributed by atoms with Crippen molar-refractivity contribution in [1.82, 2.24) is 30.3 Å². The molecule has 0 aliphatic carbocycles. The van der Waals surface area contributed by atoms with Crippen molar-refractivity contribution in [2.45, 2.75) is 84.2 Å². The maximum Gasteiger partial charge on any atom is 0.264 e. The van der Waals surface area contributed by atoms with Crippen molar-refractivity contribution in [1.29, 1.82) is 0 Å². The summed E-state index contributed by atoms with van der Waals surface area (Å²) in [5.74, 6) is -1.61. The number of benzene rings is 2. The SMILES string of the molecule is Cc1sc2c(c1C)C(c1ccc(Cl)cc1)=N[C@@H](CC(=O)NCCCCCCC(=O)Nc1cccc3c1C(=O)N(C1CCC(=O)NC1=O)C3=O)c1nnc(C)n1-2. The van der Waals surface area contributed by atoms with Crippen LogP contribution in [0.25, 0.3) is 5.00 Å². The van der Waals surface area contributed by atoms with E-state index >= 15 is 0 Å². The summed E-state index contributed by atoms with van der Waals surface area (Å²) in [5, 5.41) is 18.4. The predicted octanol–water partition coefficient (Wildman–Crippen LogP) is 5.30. The molecule has 2 atom stereocenters. The molecule has 4 aromatic rings. The summed E-state index contributed by atoms with van der Waals surface area (Å²) in [7, 11) is 0. The number of anilines is 1. The van der Waals surface area contributed by atoms with Crippen molar-refractivity contribution in [3.63, 3.8) is 0 Å². The number of fused-ring (bicyclic) bond motifs is 4. The highest BCUT2D eigenvalue weighted by atomic mass is 35.5. The van der Waals surface area contributed by atoms with Gasteiger partial charge in [0.05, 0.1) is 28.9 Å². The number of aromatic nitrogens is 3. The number of hydrogen-bond acceptors (Lipinski definition) is 10. The maximum atomic E-state index is 13.3. The quantitative estimate of drug-likeness (QED) is 0.128. The highest BCUT2D eigenvalue weighted by Crippen LogP contribution is 2.40. The van der Waals surface area contributed by atoms with Gasteiger partial charge >= 0.3 is 0 Å². The van der Waals surface area contributed by atoms with Crippen molar-refractivity contribution in [3.05, 3.63) is 91.8 Å². The van der Waals surface area contributed by atoms with Crippen LogP contribution in [0.3, 0.4) is 0 Å². The molecule has 0 spiro atoms. The average Bonchev–Trinajstić information content (AvgIpc) is 3.73. The second-order valence-electron chi connectivity index (χ2n) is 13.8. The molecule has 7 rings (SSSR count). The molecular formula is C39H39ClN8O6S. The van der Waals surface area contributed by atoms with E-state index in [-0.39, 0.29) is 54.3 Å². The number of rotatable bonds is 12. The molecule has 1 saturated heterocycles. The summed E-state index contributed by atoms with van der Waals surface area (Å²) >= 11 is 7.86. The number of carbonyl (C=O) groups is 6. The van der Waals surface area contributed by atoms with E-state index in [2.05, 4.69) is 40.0 Å². The van der Waals surface area contributed by atoms with E-state index in [4.69, 9.17) is 16.6 Å². The summed E-state index contributed by atoms with van der Waals surface area (Å²) < 4.78 is 2.01. The summed E-state index contributed by atoms with van der Waals surface area (Å²) in [4.78, 5) is 83.7. The van der Waals surface area contributed by atoms with Gasteiger partial charge in [0.25, 0.3) is 11.8 Å². The summed E-state index contributed by atoms with van der Waals surface area (Å²) in [6.45, 7) is 6.51. The van der Waals surface area contributed by atoms with Gasteiger partial charge in [-0.05, 0) is 69.9 Å². The van der Waals surface area contributed by atoms with Crippen LogP contribution in [-0.4, -0.2) is 73.4 Å². The molecule has 16 heteroatoms. The van der Waals surface area contributed by atoms with Crippen molar-refractivity contribution in [3.8, 4) is 5.00 Å². The molecule has 0 radical (unpaired) electrons. The maximum absolute atomic E-state index is 13.3. The van der Waals surface area contributed by atoms with Gasteiger partial charge in [-0.3, -0.25) is 48.5 Å². The first-order valence-corrected chi connectivity index (χ1v) is 19.4. The van der Waals surface area contributed by atoms with Gasteiger partial charge in [-0.25, -0.2) is 0 Å². The zero-order valence-corrected chi connectivity index (χ0v) is 32.1. The third-order valence-corrected chi connectivity index (χ3v) is 11.6. The van der Waals surface area contributed by atoms with Crippen LogP contribution in [0.1, 0.15) is 111 Å². The van der Waals surface area contributed by atoms with E-state index in [1.54, 1.807) is 23.5 Å². The molecule has 0 bridgehead atoms. The third-order valence-electron chi connectivity index (χ3n) is 10.1. The third kappa shape index (κ3) is 7.45. The summed E-state index contributed by atoms with van der Waals surface area (Å²) in [6, 6.07) is 10.5. The van der Waals surface area contributed by atoms with Crippen molar-refractivity contribution in [2.75, 3.05) is 11.9 Å². The number of nitrogens with one attached hydrogen (secondary N) is 3. The van der Waals surface area contributed by atoms with Crippen LogP contribution in [0.4, 0.5) is 5.69 Å². The summed E-state index contributed by atoms with van der Waals surface area (Å²) in [6.07, 6.45) is 3.13. The minimum Gasteiger partial charge on any atom is -0.356 e. The van der Waals surface area contributed by atoms with Gasteiger partial charge in [0.2, 0.25) is 23.6 Å². The number of nitrogens with zero attached hydrogens (tertiary/aromatic N) is 5. The van der Waals surface area contributed by atoms with Gasteiger partial charge in [0.15, 0.2) is 5.82 Å². The lowest BCUT2D eigenvalue weighted by atomic mass is 9.99. The Morgan fingerprint density at radius 1 is 0.927 bits per heavy atom. The fraction of sp³-hybridized carbons (Fsp3) is 0.359. The number of imide groups is 2. The highest BCUT2D eigenvalue weighted by Gasteiger charge is 2.45. The Kier molecular flexibility index (Phi) is 10.8. The van der Waals surface area contributed by atoms with Crippen LogP contribution in [0, 0.1) is 20.8 Å². The number of unbranched alkanes of at least 4 members (excludes halogenated alkanes) is 3. The fourth-order valence-electron chi connectivity index (χ4n) is 7.20. The molecule has 5 heterocycles. The van der Waals surface area contributed by atoms with Crippen molar-refractivity contribution in [2.24, 2.45) is 4.99 Å². The molecule has 284 valence electrons. The number of aliphatic imine (C=N–C) groups is 1. The van der Waals surface area contributed by atoms with Crippen LogP contribution in [-0.2, 0) is 19.2 Å². The molecule has 3 aliphatic heterocycles. The van der Waals surface area contributed by atoms with Crippen LogP contribution >= 0.6 is 22.9 Å². The number of thiophene rings is 1. The first-order valence-electron chi connectivity index (χ1n) is 18.2. The molecule has 1 fully saturated rings. The minimum absolute atomic E-state index is 0.0167. The molecule has 1 unspecified atom stereocenters. The smallest absolute Gasteiger partial charge is 0.264 e. The first-order chi connectivity index (χ1) is 26.4. The van der Waals surface area contributed by atoms with Gasteiger partial charge in [0.1, 0.15) is 22.9 Å². The Morgan fingerprint density at radius 3 is 2.45 bits per heavy atom. The Bertz CT molecular complexity index is 2280. The van der Waals surface area contributed by atoms with E-state index in [1.807, 2.05) is 35.8 Å². The zero-order chi connectivity index (χ0) is 39.0. The molecule has 0 saturated carbocycles. The number of halogens is 1. The Balaban J connectivity index is 0.905. The lowest BCUT2D eigenvalue weighted by molar-refractivity contribution is -0.136. The second-order valence-corrected chi connectivity index (χ2v) is 15.5. The molecule has 3 N–H and O–H groups in total. The van der Waals surface area contributed by atoms with E-state index < -0.39 is 35.7 Å². The van der Waals surface area contributed by atoms with Gasteiger partial charge in [-0.1, -0.05) is 42.6 Å². The lowest BCUT2D eigenvalue weighted by Gasteiger charge is -2.27. The van der Waals surface area contributed by atoms with Crippen LogP contribution in [0.5, 0.6) is 0 Å². The lowest BCUT2D eigenvalue weighted by Crippen LogP contribution is -2.54. The van der Waals surface area contributed by atoms with Gasteiger partial charge in [-0.2, -0.15) is 0 Å². The van der Waals surface area contributed by atoms with E-state index in [1.165, 1.54) is 6.07 Å². The number of amides is 6. The number of hydrogen-bond donors (Lipinski definition) is 3. The highest BCUT2D eigenvalue weighted by molar-refractivity contribution is 7.15. The van der Waals surface area contributed by atoms with Crippen LogP contribution in [0.15, 0.2) is 47.5 Å². The zero-order valence-electron chi connectivity index (χ0n) is 30.5. The first kappa shape index (κ1) is 37.8. The van der Waals surface area contributed by atoms with Crippen molar-refractivity contribution < 1.29 is 28.8 Å².